The zero-order chi connectivity index (χ0) is 28.0. The maximum Gasteiger partial charge on any atom is 0.264 e. The standard InChI is InChI=1S/C30H34BrN3O4S/c1-22-15-17-28(18-16-22)39(37,38)34(27-13-4-3-5-14-27)21-29(35)33(20-24-9-8-10-25(31)19-24)23(2)30(36)32-26-11-6-7-12-26/h3-5,8-10,13-19,23,26H,6-7,11-12,20-21H2,1-2H3,(H,32,36)/t23-/m0/s1. The van der Waals surface area contributed by atoms with Gasteiger partial charge in [-0.2, -0.15) is 0 Å². The molecule has 9 heteroatoms. The molecule has 1 fully saturated rings. The molecule has 0 heterocycles. The van der Waals surface area contributed by atoms with E-state index in [1.165, 1.54) is 4.90 Å². The lowest BCUT2D eigenvalue weighted by atomic mass is 10.1. The van der Waals surface area contributed by atoms with Crippen molar-refractivity contribution in [3.8, 4) is 0 Å². The van der Waals surface area contributed by atoms with E-state index in [0.29, 0.717) is 5.69 Å². The summed E-state index contributed by atoms with van der Waals surface area (Å²) in [7, 11) is -4.07. The Morgan fingerprint density at radius 3 is 2.28 bits per heavy atom. The van der Waals surface area contributed by atoms with Crippen LogP contribution in [0.1, 0.15) is 43.7 Å². The fourth-order valence-corrected chi connectivity index (χ4v) is 6.63. The molecule has 1 N–H and O–H groups in total. The van der Waals surface area contributed by atoms with E-state index >= 15 is 0 Å². The van der Waals surface area contributed by atoms with E-state index in [2.05, 4.69) is 21.2 Å². The fraction of sp³-hybridized carbons (Fsp3) is 0.333. The summed E-state index contributed by atoms with van der Waals surface area (Å²) in [6.07, 6.45) is 4.00. The summed E-state index contributed by atoms with van der Waals surface area (Å²) in [5.74, 6) is -0.707. The van der Waals surface area contributed by atoms with Crippen LogP contribution in [0.5, 0.6) is 0 Å². The minimum atomic E-state index is -4.07. The average molecular weight is 613 g/mol. The third kappa shape index (κ3) is 7.28. The molecule has 3 aromatic carbocycles. The largest absolute Gasteiger partial charge is 0.352 e. The van der Waals surface area contributed by atoms with E-state index in [0.717, 1.165) is 45.6 Å². The second kappa shape index (κ2) is 12.8. The zero-order valence-corrected chi connectivity index (χ0v) is 24.6. The van der Waals surface area contributed by atoms with Gasteiger partial charge >= 0.3 is 0 Å². The van der Waals surface area contributed by atoms with Gasteiger partial charge in [0.1, 0.15) is 12.6 Å². The number of nitrogens with zero attached hydrogens (tertiary/aromatic N) is 2. The Balaban J connectivity index is 1.66. The van der Waals surface area contributed by atoms with E-state index in [1.54, 1.807) is 61.5 Å². The van der Waals surface area contributed by atoms with Crippen LogP contribution in [0.4, 0.5) is 5.69 Å². The van der Waals surface area contributed by atoms with Crippen molar-refractivity contribution in [3.05, 3.63) is 94.5 Å². The normalized spacial score (nSPS) is 14.5. The number of anilines is 1. The Morgan fingerprint density at radius 1 is 0.974 bits per heavy atom. The van der Waals surface area contributed by atoms with Crippen molar-refractivity contribution in [2.45, 2.75) is 63.1 Å². The highest BCUT2D eigenvalue weighted by molar-refractivity contribution is 9.10. The predicted molar refractivity (Wildman–Crippen MR) is 157 cm³/mol. The number of halogens is 1. The van der Waals surface area contributed by atoms with Gasteiger partial charge in [-0.1, -0.05) is 76.8 Å². The maximum absolute atomic E-state index is 14.0. The Kier molecular flexibility index (Phi) is 9.45. The second-order valence-electron chi connectivity index (χ2n) is 9.98. The van der Waals surface area contributed by atoms with Gasteiger partial charge in [0.25, 0.3) is 10.0 Å². The fourth-order valence-electron chi connectivity index (χ4n) is 4.77. The van der Waals surface area contributed by atoms with Gasteiger partial charge in [0.15, 0.2) is 0 Å². The first-order valence-corrected chi connectivity index (χ1v) is 15.4. The molecule has 2 amide bonds. The lowest BCUT2D eigenvalue weighted by Crippen LogP contribution is -2.52. The molecule has 0 bridgehead atoms. The first kappa shape index (κ1) is 28.8. The lowest BCUT2D eigenvalue weighted by Gasteiger charge is -2.32. The number of sulfonamides is 1. The van der Waals surface area contributed by atoms with Crippen LogP contribution >= 0.6 is 15.9 Å². The molecule has 1 atom stereocenters. The summed E-state index contributed by atoms with van der Waals surface area (Å²) in [6, 6.07) is 21.9. The van der Waals surface area contributed by atoms with Gasteiger partial charge in [0.05, 0.1) is 10.6 Å². The molecule has 0 unspecified atom stereocenters. The van der Waals surface area contributed by atoms with Crippen molar-refractivity contribution < 1.29 is 18.0 Å². The van der Waals surface area contributed by atoms with E-state index in [4.69, 9.17) is 0 Å². The van der Waals surface area contributed by atoms with Crippen LogP contribution in [0.15, 0.2) is 88.2 Å². The maximum atomic E-state index is 14.0. The van der Waals surface area contributed by atoms with Gasteiger partial charge in [0.2, 0.25) is 11.8 Å². The number of para-hydroxylation sites is 1. The third-order valence-electron chi connectivity index (χ3n) is 7.04. The monoisotopic (exact) mass is 611 g/mol. The summed E-state index contributed by atoms with van der Waals surface area (Å²) in [5, 5.41) is 3.08. The van der Waals surface area contributed by atoms with Crippen molar-refractivity contribution in [3.63, 3.8) is 0 Å². The number of nitrogens with one attached hydrogen (secondary N) is 1. The molecule has 7 nitrogen and oxygen atoms in total. The average Bonchev–Trinajstić information content (AvgIpc) is 3.43. The Labute approximate surface area is 239 Å². The van der Waals surface area contributed by atoms with Gasteiger partial charge < -0.3 is 10.2 Å². The molecular weight excluding hydrogens is 578 g/mol. The second-order valence-corrected chi connectivity index (χ2v) is 12.8. The van der Waals surface area contributed by atoms with Gasteiger partial charge in [0, 0.05) is 17.1 Å². The Hall–Kier alpha value is -3.17. The number of carbonyl (C=O) groups is 2. The lowest BCUT2D eigenvalue weighted by molar-refractivity contribution is -0.139. The molecule has 1 saturated carbocycles. The molecule has 0 radical (unpaired) electrons. The van der Waals surface area contributed by atoms with Gasteiger partial charge in [-0.05, 0) is 68.7 Å². The SMILES string of the molecule is Cc1ccc(S(=O)(=O)N(CC(=O)N(Cc2cccc(Br)c2)[C@@H](C)C(=O)NC2CCCC2)c2ccccc2)cc1. The summed E-state index contributed by atoms with van der Waals surface area (Å²) in [6.45, 7) is 3.29. The predicted octanol–water partition coefficient (Wildman–Crippen LogP) is 5.43. The first-order valence-electron chi connectivity index (χ1n) is 13.1. The minimum absolute atomic E-state index is 0.0929. The molecule has 39 heavy (non-hydrogen) atoms. The molecule has 3 aromatic rings. The molecule has 0 aliphatic heterocycles. The van der Waals surface area contributed by atoms with Gasteiger partial charge in [-0.25, -0.2) is 8.42 Å². The number of benzene rings is 3. The summed E-state index contributed by atoms with van der Waals surface area (Å²) < 4.78 is 29.6. The Morgan fingerprint density at radius 2 is 1.64 bits per heavy atom. The molecule has 4 rings (SSSR count). The summed E-state index contributed by atoms with van der Waals surface area (Å²) >= 11 is 3.47. The van der Waals surface area contributed by atoms with Crippen molar-refractivity contribution in [1.29, 1.82) is 0 Å². The van der Waals surface area contributed by atoms with Gasteiger partial charge in [-0.3, -0.25) is 13.9 Å². The quantitative estimate of drug-likeness (QED) is 0.331. The number of rotatable bonds is 10. The smallest absolute Gasteiger partial charge is 0.264 e. The van der Waals surface area contributed by atoms with Crippen LogP contribution in [0.3, 0.4) is 0 Å². The number of hydrogen-bond donors (Lipinski definition) is 1. The van der Waals surface area contributed by atoms with Crippen LogP contribution in [-0.4, -0.2) is 43.8 Å². The number of hydrogen-bond acceptors (Lipinski definition) is 4. The summed E-state index contributed by atoms with van der Waals surface area (Å²) in [5.41, 5.74) is 2.13. The van der Waals surface area contributed by atoms with Crippen LogP contribution in [0, 0.1) is 6.92 Å². The molecular formula is C30H34BrN3O4S. The van der Waals surface area contributed by atoms with E-state index in [1.807, 2.05) is 31.2 Å². The van der Waals surface area contributed by atoms with Gasteiger partial charge in [-0.15, -0.1) is 0 Å². The topological polar surface area (TPSA) is 86.8 Å². The highest BCUT2D eigenvalue weighted by Crippen LogP contribution is 2.25. The van der Waals surface area contributed by atoms with Crippen LogP contribution in [0.25, 0.3) is 0 Å². The van der Waals surface area contributed by atoms with Crippen molar-refractivity contribution >= 4 is 43.5 Å². The molecule has 0 aromatic heterocycles. The number of aryl methyl sites for hydroxylation is 1. The van der Waals surface area contributed by atoms with E-state index < -0.39 is 28.5 Å². The van der Waals surface area contributed by atoms with Crippen molar-refractivity contribution in [2.75, 3.05) is 10.8 Å². The minimum Gasteiger partial charge on any atom is -0.352 e. The molecule has 206 valence electrons. The molecule has 0 saturated heterocycles. The third-order valence-corrected chi connectivity index (χ3v) is 9.32. The summed E-state index contributed by atoms with van der Waals surface area (Å²) in [4.78, 5) is 28.8. The first-order chi connectivity index (χ1) is 18.6. The number of carbonyl (C=O) groups excluding carboxylic acids is 2. The Bertz CT molecular complexity index is 1390. The van der Waals surface area contributed by atoms with Crippen molar-refractivity contribution in [1.82, 2.24) is 10.2 Å². The van der Waals surface area contributed by atoms with Crippen LogP contribution in [0.2, 0.25) is 0 Å². The highest BCUT2D eigenvalue weighted by atomic mass is 79.9. The van der Waals surface area contributed by atoms with E-state index in [9.17, 15) is 18.0 Å². The molecule has 1 aliphatic rings. The van der Waals surface area contributed by atoms with E-state index in [-0.39, 0.29) is 23.4 Å². The highest BCUT2D eigenvalue weighted by Gasteiger charge is 2.33. The van der Waals surface area contributed by atoms with Crippen molar-refractivity contribution in [2.24, 2.45) is 0 Å². The molecule has 0 spiro atoms. The van der Waals surface area contributed by atoms with Crippen LogP contribution in [-0.2, 0) is 26.2 Å². The zero-order valence-electron chi connectivity index (χ0n) is 22.2. The van der Waals surface area contributed by atoms with Crippen LogP contribution < -0.4 is 9.62 Å². The number of amides is 2. The molecule has 1 aliphatic carbocycles.